The lowest BCUT2D eigenvalue weighted by molar-refractivity contribution is -0.265. The maximum atomic E-state index is 12.3. The minimum absolute atomic E-state index is 0. The SMILES string of the molecule is CC(C)(C)OC(=O)N1CCNCC1(C)C.CC(C)(C)OC(O)N1CCN(C(=O)c2ncn[nH]2)CC1(C)C.CC1(C)CN(C(=O)c2ncn[nH]2)CCN1.I.II.O=C(O)c1ncn[nH]1.[B][B]. The molecule has 1 atom stereocenters. The van der Waals surface area contributed by atoms with Crippen molar-refractivity contribution in [2.45, 2.75) is 117 Å². The van der Waals surface area contributed by atoms with Gasteiger partial charge in [-0.05, 0) is 83.1 Å². The number of aromatic nitrogens is 9. The smallest absolute Gasteiger partial charge is 0.410 e. The molecule has 3 aliphatic rings. The van der Waals surface area contributed by atoms with E-state index < -0.39 is 29.1 Å². The summed E-state index contributed by atoms with van der Waals surface area (Å²) in [7, 11) is 8.00. The number of piperazine rings is 3. The van der Waals surface area contributed by atoms with Crippen molar-refractivity contribution < 1.29 is 38.9 Å². The van der Waals surface area contributed by atoms with Gasteiger partial charge >= 0.3 is 12.1 Å². The summed E-state index contributed by atoms with van der Waals surface area (Å²) >= 11 is 4.24. The number of carbonyl (C=O) groups excluding carboxylic acids is 3. The Bertz CT molecular complexity index is 1820. The Labute approximate surface area is 424 Å². The van der Waals surface area contributed by atoms with Crippen molar-refractivity contribution in [2.75, 3.05) is 58.9 Å². The maximum Gasteiger partial charge on any atom is 0.410 e. The highest BCUT2D eigenvalue weighted by Crippen LogP contribution is 2.26. The van der Waals surface area contributed by atoms with E-state index in [4.69, 9.17) is 14.6 Å². The first kappa shape index (κ1) is 62.2. The third-order valence-corrected chi connectivity index (χ3v) is 9.10. The highest BCUT2D eigenvalue weighted by molar-refractivity contribution is 15.0. The van der Waals surface area contributed by atoms with Crippen LogP contribution in [0.15, 0.2) is 19.0 Å². The van der Waals surface area contributed by atoms with Crippen molar-refractivity contribution in [3.8, 4) is 0 Å². The second-order valence-corrected chi connectivity index (χ2v) is 18.3. The lowest BCUT2D eigenvalue weighted by atomic mass is 9.81. The lowest BCUT2D eigenvalue weighted by Gasteiger charge is -2.49. The van der Waals surface area contributed by atoms with E-state index in [-0.39, 0.29) is 64.6 Å². The summed E-state index contributed by atoms with van der Waals surface area (Å²) < 4.78 is 11.0. The number of aromatic carboxylic acids is 1. The zero-order valence-corrected chi connectivity index (χ0v) is 46.0. The fraction of sp³-hybridized carbons (Fsp3) is 0.730. The molecule has 3 amide bonds. The Morgan fingerprint density at radius 3 is 1.57 bits per heavy atom. The average molecular weight is 1250 g/mol. The van der Waals surface area contributed by atoms with E-state index in [1.807, 2.05) is 74.1 Å². The number of rotatable bonds is 5. The van der Waals surface area contributed by atoms with Crippen molar-refractivity contribution in [3.05, 3.63) is 36.5 Å². The van der Waals surface area contributed by atoms with Crippen LogP contribution in [0, 0.1) is 0 Å². The number of aliphatic hydroxyl groups excluding tert-OH is 1. The average Bonchev–Trinajstić information content (AvgIpc) is 4.03. The summed E-state index contributed by atoms with van der Waals surface area (Å²) in [4.78, 5) is 64.3. The molecule has 3 aromatic heterocycles. The van der Waals surface area contributed by atoms with Gasteiger partial charge in [0.05, 0.1) is 11.1 Å². The van der Waals surface area contributed by atoms with Crippen LogP contribution in [0.5, 0.6) is 0 Å². The van der Waals surface area contributed by atoms with Crippen LogP contribution in [-0.4, -0.2) is 208 Å². The molecule has 65 heavy (non-hydrogen) atoms. The monoisotopic (exact) mass is 1250 g/mol. The van der Waals surface area contributed by atoms with E-state index in [1.165, 1.54) is 12.7 Å². The van der Waals surface area contributed by atoms with Crippen LogP contribution >= 0.6 is 61.2 Å². The second-order valence-electron chi connectivity index (χ2n) is 18.3. The van der Waals surface area contributed by atoms with E-state index in [2.05, 4.69) is 123 Å². The molecule has 28 heteroatoms. The number of hydrogen-bond donors (Lipinski definition) is 7. The summed E-state index contributed by atoms with van der Waals surface area (Å²) in [5.41, 5.74) is -1.48. The third-order valence-electron chi connectivity index (χ3n) is 9.10. The van der Waals surface area contributed by atoms with Crippen LogP contribution in [0.1, 0.15) is 115 Å². The van der Waals surface area contributed by atoms with Crippen molar-refractivity contribution >= 4 is 101 Å². The van der Waals surface area contributed by atoms with Crippen LogP contribution in [0.25, 0.3) is 0 Å². The largest absolute Gasteiger partial charge is 0.475 e. The number of halogens is 3. The highest BCUT2D eigenvalue weighted by Gasteiger charge is 2.41. The van der Waals surface area contributed by atoms with Gasteiger partial charge in [-0.1, -0.05) is 0 Å². The molecule has 3 aliphatic heterocycles. The van der Waals surface area contributed by atoms with Crippen LogP contribution in [-0.2, 0) is 9.47 Å². The van der Waals surface area contributed by atoms with Gasteiger partial charge in [0, 0.05) is 123 Å². The lowest BCUT2D eigenvalue weighted by Crippen LogP contribution is -2.64. The molecule has 0 saturated carbocycles. The Morgan fingerprint density at radius 1 is 0.723 bits per heavy atom. The molecule has 0 aromatic carbocycles. The van der Waals surface area contributed by atoms with Crippen molar-refractivity contribution in [3.63, 3.8) is 0 Å². The van der Waals surface area contributed by atoms with Crippen LogP contribution in [0.4, 0.5) is 4.79 Å². The predicted octanol–water partition coefficient (Wildman–Crippen LogP) is 2.80. The summed E-state index contributed by atoms with van der Waals surface area (Å²) in [5.74, 6) is -0.950. The number of carbonyl (C=O) groups is 4. The molecule has 23 nitrogen and oxygen atoms in total. The first-order valence-electron chi connectivity index (χ1n) is 20.2. The molecule has 0 aliphatic carbocycles. The van der Waals surface area contributed by atoms with Gasteiger partial charge < -0.3 is 45.0 Å². The van der Waals surface area contributed by atoms with Crippen molar-refractivity contribution in [1.29, 1.82) is 0 Å². The van der Waals surface area contributed by atoms with E-state index in [9.17, 15) is 24.3 Å². The molecule has 6 heterocycles. The van der Waals surface area contributed by atoms with Crippen molar-refractivity contribution in [2.24, 2.45) is 0 Å². The Morgan fingerprint density at radius 2 is 1.20 bits per heavy atom. The zero-order chi connectivity index (χ0) is 49.1. The number of carboxylic acids is 1. The summed E-state index contributed by atoms with van der Waals surface area (Å²) in [6.07, 6.45) is 2.59. The molecular weight excluding hydrogens is 1180 g/mol. The number of hydrogen-bond acceptors (Lipinski definition) is 16. The maximum absolute atomic E-state index is 12.3. The molecular formula is C37H66B2I3N15O8. The molecule has 0 spiro atoms. The normalized spacial score (nSPS) is 17.9. The van der Waals surface area contributed by atoms with Gasteiger partial charge in [-0.25, -0.2) is 29.4 Å². The quantitative estimate of drug-likeness (QED) is 0.110. The Balaban J connectivity index is 0.000000849. The molecule has 1 unspecified atom stereocenters. The van der Waals surface area contributed by atoms with Gasteiger partial charge in [0.25, 0.3) is 11.8 Å². The number of carboxylic acid groups (broad SMARTS) is 1. The zero-order valence-electron chi connectivity index (χ0n) is 39.3. The first-order valence-corrected chi connectivity index (χ1v) is 26.4. The summed E-state index contributed by atoms with van der Waals surface area (Å²) in [6.45, 7) is 29.6. The highest BCUT2D eigenvalue weighted by atomic mass is 128. The number of ether oxygens (including phenoxy) is 2. The topological polar surface area (TPSA) is 289 Å². The summed E-state index contributed by atoms with van der Waals surface area (Å²) in [6, 6.07) is 0. The van der Waals surface area contributed by atoms with Gasteiger partial charge in [0.15, 0.2) is 0 Å². The number of aromatic amines is 3. The standard InChI is InChI=1S/C14H25N5O3.C11H22N2O2.C9H15N5O.C3H3N3O2.B2.I2.HI/c1-13(2,3)22-12(21)19-7-6-18(8-14(19,4)5)11(20)10-15-9-16-17-10;1-10(2,3)15-9(14)13-7-6-12-8-11(13,4)5;1-9(2)5-14(4-3-11-9)8(15)7-10-6-12-13-7;7-3(8)2-4-1-5-6-2;2*1-2;/h9,12,21H,6-8H2,1-5H3,(H,15,16,17);12H,6-8H2,1-5H3;6,11H,3-5H2,1-2H3,(H,10,12,13);1H,(H,7,8)(H,4,5,6);;;1H. The van der Waals surface area contributed by atoms with Crippen LogP contribution < -0.4 is 10.6 Å². The number of amides is 3. The molecule has 3 saturated heterocycles. The molecule has 364 valence electrons. The van der Waals surface area contributed by atoms with Gasteiger partial charge in [-0.15, -0.1) is 24.0 Å². The first-order chi connectivity index (χ1) is 29.7. The van der Waals surface area contributed by atoms with E-state index in [0.29, 0.717) is 45.1 Å². The minimum atomic E-state index is -1.09. The van der Waals surface area contributed by atoms with Crippen molar-refractivity contribution in [1.82, 2.24) is 75.8 Å². The van der Waals surface area contributed by atoms with E-state index in [0.717, 1.165) is 26.0 Å². The Kier molecular flexibility index (Phi) is 27.3. The molecule has 3 aromatic rings. The van der Waals surface area contributed by atoms with Crippen LogP contribution in [0.2, 0.25) is 0 Å². The number of nitrogens with one attached hydrogen (secondary N) is 5. The Hall–Kier alpha value is -2.78. The second kappa shape index (κ2) is 28.5. The van der Waals surface area contributed by atoms with E-state index in [1.54, 1.807) is 14.7 Å². The van der Waals surface area contributed by atoms with Gasteiger partial charge in [-0.3, -0.25) is 24.9 Å². The fourth-order valence-electron chi connectivity index (χ4n) is 6.31. The third kappa shape index (κ3) is 22.3. The molecule has 6 rings (SSSR count). The number of nitrogens with zero attached hydrogens (tertiary/aromatic N) is 10. The van der Waals surface area contributed by atoms with Crippen LogP contribution in [0.3, 0.4) is 0 Å². The molecule has 4 radical (unpaired) electrons. The molecule has 7 N–H and O–H groups in total. The fourth-order valence-corrected chi connectivity index (χ4v) is 6.31. The van der Waals surface area contributed by atoms with Gasteiger partial charge in [0.2, 0.25) is 23.9 Å². The van der Waals surface area contributed by atoms with Gasteiger partial charge in [-0.2, -0.15) is 15.3 Å². The van der Waals surface area contributed by atoms with E-state index >= 15 is 0 Å². The molecule has 0 bridgehead atoms. The minimum Gasteiger partial charge on any atom is -0.475 e. The summed E-state index contributed by atoms with van der Waals surface area (Å²) in [5, 5.41) is 43.1. The molecule has 3 fully saturated rings. The number of aliphatic hydroxyl groups is 1. The van der Waals surface area contributed by atoms with Gasteiger partial charge in [0.1, 0.15) is 24.6 Å². The predicted molar refractivity (Wildman–Crippen MR) is 272 cm³/mol. The number of H-pyrrole nitrogens is 3.